The lowest BCUT2D eigenvalue weighted by Crippen LogP contribution is -2.35. The van der Waals surface area contributed by atoms with Crippen LogP contribution in [0, 0.1) is 5.92 Å². The molecule has 13 heavy (non-hydrogen) atoms. The molecule has 0 aromatic carbocycles. The van der Waals surface area contributed by atoms with Gasteiger partial charge in [-0.3, -0.25) is 0 Å². The van der Waals surface area contributed by atoms with E-state index in [-0.39, 0.29) is 0 Å². The molecule has 0 radical (unpaired) electrons. The summed E-state index contributed by atoms with van der Waals surface area (Å²) >= 11 is 0. The van der Waals surface area contributed by atoms with Gasteiger partial charge in [-0.25, -0.2) is 4.39 Å². The zero-order chi connectivity index (χ0) is 9.15. The van der Waals surface area contributed by atoms with Gasteiger partial charge in [-0.15, -0.1) is 0 Å². The van der Waals surface area contributed by atoms with Crippen molar-refractivity contribution in [1.82, 2.24) is 5.32 Å². The number of nitrogens with one attached hydrogen (secondary N) is 1. The Labute approximate surface area is 80.1 Å². The second-order valence-corrected chi connectivity index (χ2v) is 4.65. The molecule has 2 aliphatic rings. The Morgan fingerprint density at radius 2 is 1.77 bits per heavy atom. The quantitative estimate of drug-likeness (QED) is 0.619. The van der Waals surface area contributed by atoms with Gasteiger partial charge in [-0.2, -0.15) is 0 Å². The topological polar surface area (TPSA) is 12.0 Å². The normalized spacial score (nSPS) is 37.6. The van der Waals surface area contributed by atoms with E-state index >= 15 is 0 Å². The van der Waals surface area contributed by atoms with Crippen molar-refractivity contribution >= 4 is 0 Å². The fraction of sp³-hybridized carbons (Fsp3) is 1.00. The largest absolute Gasteiger partial charge is 0.313 e. The molecular weight excluding hydrogens is 165 g/mol. The monoisotopic (exact) mass is 185 g/mol. The second-order valence-electron chi connectivity index (χ2n) is 4.65. The van der Waals surface area contributed by atoms with Gasteiger partial charge in [0.1, 0.15) is 5.67 Å². The number of hydrogen-bond acceptors (Lipinski definition) is 1. The van der Waals surface area contributed by atoms with E-state index in [1.807, 2.05) is 0 Å². The number of alkyl halides is 1. The molecule has 1 heterocycles. The van der Waals surface area contributed by atoms with Crippen molar-refractivity contribution < 1.29 is 4.39 Å². The Morgan fingerprint density at radius 1 is 1.08 bits per heavy atom. The third-order valence-corrected chi connectivity index (χ3v) is 3.72. The fourth-order valence-electron chi connectivity index (χ4n) is 2.83. The van der Waals surface area contributed by atoms with Crippen LogP contribution in [-0.4, -0.2) is 18.8 Å². The van der Waals surface area contributed by atoms with Crippen LogP contribution >= 0.6 is 0 Å². The maximum atomic E-state index is 14.3. The van der Waals surface area contributed by atoms with Crippen LogP contribution in [0.5, 0.6) is 0 Å². The summed E-state index contributed by atoms with van der Waals surface area (Å²) < 4.78 is 14.3. The predicted molar refractivity (Wildman–Crippen MR) is 52.5 cm³/mol. The SMILES string of the molecule is FC1(C2CCCCCC2)CCNC1. The molecule has 0 spiro atoms. The molecule has 1 atom stereocenters. The van der Waals surface area contributed by atoms with Gasteiger partial charge >= 0.3 is 0 Å². The first kappa shape index (κ1) is 9.45. The van der Waals surface area contributed by atoms with Gasteiger partial charge in [0, 0.05) is 6.54 Å². The van der Waals surface area contributed by atoms with Crippen LogP contribution < -0.4 is 5.32 Å². The molecule has 0 aromatic rings. The van der Waals surface area contributed by atoms with E-state index in [2.05, 4.69) is 5.32 Å². The molecule has 0 amide bonds. The van der Waals surface area contributed by atoms with Crippen LogP contribution in [0.25, 0.3) is 0 Å². The van der Waals surface area contributed by atoms with E-state index in [1.165, 1.54) is 25.7 Å². The van der Waals surface area contributed by atoms with Crippen molar-refractivity contribution in [1.29, 1.82) is 0 Å². The van der Waals surface area contributed by atoms with Crippen LogP contribution in [0.4, 0.5) is 4.39 Å². The molecule has 0 aromatic heterocycles. The second kappa shape index (κ2) is 3.95. The number of halogens is 1. The molecule has 2 fully saturated rings. The van der Waals surface area contributed by atoms with Crippen molar-refractivity contribution in [2.45, 2.75) is 50.6 Å². The Kier molecular flexibility index (Phi) is 2.87. The van der Waals surface area contributed by atoms with Gasteiger partial charge in [0.2, 0.25) is 0 Å². The van der Waals surface area contributed by atoms with E-state index in [4.69, 9.17) is 0 Å². The van der Waals surface area contributed by atoms with E-state index in [0.29, 0.717) is 12.5 Å². The Balaban J connectivity index is 1.96. The third-order valence-electron chi connectivity index (χ3n) is 3.72. The lowest BCUT2D eigenvalue weighted by atomic mass is 9.83. The highest BCUT2D eigenvalue weighted by Crippen LogP contribution is 2.37. The molecule has 1 N–H and O–H groups in total. The van der Waals surface area contributed by atoms with E-state index in [9.17, 15) is 4.39 Å². The molecule has 76 valence electrons. The lowest BCUT2D eigenvalue weighted by molar-refractivity contribution is 0.0918. The highest BCUT2D eigenvalue weighted by Gasteiger charge is 2.41. The minimum Gasteiger partial charge on any atom is -0.313 e. The Morgan fingerprint density at radius 3 is 2.31 bits per heavy atom. The van der Waals surface area contributed by atoms with Crippen LogP contribution in [0.3, 0.4) is 0 Å². The maximum absolute atomic E-state index is 14.3. The first-order valence-corrected chi connectivity index (χ1v) is 5.71. The van der Waals surface area contributed by atoms with Gasteiger partial charge in [0.25, 0.3) is 0 Å². The predicted octanol–water partition coefficient (Wildman–Crippen LogP) is 2.66. The van der Waals surface area contributed by atoms with E-state index < -0.39 is 5.67 Å². The number of rotatable bonds is 1. The van der Waals surface area contributed by atoms with Crippen LogP contribution in [0.1, 0.15) is 44.9 Å². The molecule has 2 rings (SSSR count). The zero-order valence-electron chi connectivity index (χ0n) is 8.32. The number of hydrogen-bond donors (Lipinski definition) is 1. The highest BCUT2D eigenvalue weighted by molar-refractivity contribution is 4.94. The third kappa shape index (κ3) is 2.04. The van der Waals surface area contributed by atoms with E-state index in [0.717, 1.165) is 25.8 Å². The van der Waals surface area contributed by atoms with Gasteiger partial charge < -0.3 is 5.32 Å². The molecule has 1 aliphatic carbocycles. The lowest BCUT2D eigenvalue weighted by Gasteiger charge is -2.28. The molecule has 1 nitrogen and oxygen atoms in total. The minimum atomic E-state index is -0.857. The van der Waals surface area contributed by atoms with Gasteiger partial charge in [0.05, 0.1) is 0 Å². The zero-order valence-corrected chi connectivity index (χ0v) is 8.32. The average Bonchev–Trinajstić information content (AvgIpc) is 2.44. The van der Waals surface area contributed by atoms with Crippen molar-refractivity contribution in [3.63, 3.8) is 0 Å². The summed E-state index contributed by atoms with van der Waals surface area (Å²) in [6.07, 6.45) is 8.13. The Bertz CT molecular complexity index is 155. The van der Waals surface area contributed by atoms with Crippen LogP contribution in [-0.2, 0) is 0 Å². The average molecular weight is 185 g/mol. The minimum absolute atomic E-state index is 0.352. The van der Waals surface area contributed by atoms with Crippen LogP contribution in [0.2, 0.25) is 0 Å². The standard InChI is InChI=1S/C11H20FN/c12-11(7-8-13-9-11)10-5-3-1-2-4-6-10/h10,13H,1-9H2. The molecule has 2 heteroatoms. The van der Waals surface area contributed by atoms with E-state index in [1.54, 1.807) is 0 Å². The summed E-state index contributed by atoms with van der Waals surface area (Å²) in [5, 5.41) is 3.16. The molecule has 0 bridgehead atoms. The molecule has 1 aliphatic heterocycles. The smallest absolute Gasteiger partial charge is 0.127 e. The summed E-state index contributed by atoms with van der Waals surface area (Å²) in [7, 11) is 0. The molecular formula is C11H20FN. The van der Waals surface area contributed by atoms with Crippen molar-refractivity contribution in [3.8, 4) is 0 Å². The Hall–Kier alpha value is -0.110. The summed E-state index contributed by atoms with van der Waals surface area (Å²) in [5.41, 5.74) is -0.857. The van der Waals surface area contributed by atoms with Crippen LogP contribution in [0.15, 0.2) is 0 Å². The van der Waals surface area contributed by atoms with Crippen molar-refractivity contribution in [2.24, 2.45) is 5.92 Å². The van der Waals surface area contributed by atoms with Gasteiger partial charge in [-0.1, -0.05) is 25.7 Å². The first-order valence-electron chi connectivity index (χ1n) is 5.71. The molecule has 1 unspecified atom stereocenters. The van der Waals surface area contributed by atoms with Crippen molar-refractivity contribution in [3.05, 3.63) is 0 Å². The first-order chi connectivity index (χ1) is 6.31. The summed E-state index contributed by atoms with van der Waals surface area (Å²) in [4.78, 5) is 0. The highest BCUT2D eigenvalue weighted by atomic mass is 19.1. The van der Waals surface area contributed by atoms with Gasteiger partial charge in [-0.05, 0) is 31.7 Å². The molecule has 1 saturated carbocycles. The summed E-state index contributed by atoms with van der Waals surface area (Å²) in [6.45, 7) is 1.49. The fourth-order valence-corrected chi connectivity index (χ4v) is 2.83. The van der Waals surface area contributed by atoms with Crippen molar-refractivity contribution in [2.75, 3.05) is 13.1 Å². The summed E-state index contributed by atoms with van der Waals surface area (Å²) in [5.74, 6) is 0.352. The molecule has 1 saturated heterocycles. The summed E-state index contributed by atoms with van der Waals surface area (Å²) in [6, 6.07) is 0. The maximum Gasteiger partial charge on any atom is 0.127 e. The van der Waals surface area contributed by atoms with Gasteiger partial charge in [0.15, 0.2) is 0 Å².